The zero-order chi connectivity index (χ0) is 8.27. The molecule has 1 aromatic carbocycles. The van der Waals surface area contributed by atoms with Crippen LogP contribution in [0, 0.1) is 0 Å². The number of hydrogen-bond donors (Lipinski definition) is 1. The maximum atomic E-state index is 10.6. The number of halogens is 2. The molecule has 0 radical (unpaired) electrons. The van der Waals surface area contributed by atoms with Crippen molar-refractivity contribution in [3.63, 3.8) is 0 Å². The summed E-state index contributed by atoms with van der Waals surface area (Å²) in [7, 11) is 0. The highest BCUT2D eigenvalue weighted by atomic mass is 79.9. The van der Waals surface area contributed by atoms with Crippen LogP contribution in [0.5, 0.6) is 0 Å². The number of hydrogen-bond acceptors (Lipinski definition) is 1. The molecule has 0 heterocycles. The molecule has 1 N–H and O–H groups in total. The van der Waals surface area contributed by atoms with Gasteiger partial charge in [0.05, 0.1) is 5.69 Å². The number of benzene rings is 1. The number of carbonyl (C=O) groups excluding carboxylic acids is 1. The summed E-state index contributed by atoms with van der Waals surface area (Å²) in [6.07, 6.45) is 0. The average Bonchev–Trinajstić information content (AvgIpc) is 1.93. The molecule has 0 saturated heterocycles. The van der Waals surface area contributed by atoms with Gasteiger partial charge in [-0.2, -0.15) is 0 Å². The normalized spacial score (nSPS) is 9.27. The molecule has 1 aromatic rings. The average molecular weight is 279 g/mol. The fourth-order valence-corrected chi connectivity index (χ4v) is 1.27. The number of carbonyl (C=O) groups is 1. The fourth-order valence-electron chi connectivity index (χ4n) is 0.668. The molecule has 0 fully saturated rings. The molecule has 1 amide bonds. The summed E-state index contributed by atoms with van der Waals surface area (Å²) in [5.41, 5.74) is 0.759. The number of nitrogens with one attached hydrogen (secondary N) is 1. The van der Waals surface area contributed by atoms with Crippen molar-refractivity contribution in [2.75, 3.05) is 5.32 Å². The topological polar surface area (TPSA) is 29.1 Å². The second-order valence-corrected chi connectivity index (χ2v) is 3.45. The Morgan fingerprint density at radius 1 is 1.36 bits per heavy atom. The third kappa shape index (κ3) is 2.63. The van der Waals surface area contributed by atoms with Crippen molar-refractivity contribution in [2.45, 2.75) is 0 Å². The lowest BCUT2D eigenvalue weighted by atomic mass is 10.3. The molecule has 0 bridgehead atoms. The van der Waals surface area contributed by atoms with Crippen molar-refractivity contribution in [1.29, 1.82) is 0 Å². The highest BCUT2D eigenvalue weighted by molar-refractivity contribution is 9.18. The molecular weight excluding hydrogens is 274 g/mol. The predicted octanol–water partition coefficient (Wildman–Crippen LogP) is 3.38. The van der Waals surface area contributed by atoms with Gasteiger partial charge < -0.3 is 5.32 Å². The van der Waals surface area contributed by atoms with Gasteiger partial charge in [0.15, 0.2) is 0 Å². The van der Waals surface area contributed by atoms with E-state index < -0.39 is 0 Å². The lowest BCUT2D eigenvalue weighted by Gasteiger charge is -2.01. The SMILES string of the molecule is O=C(Br)Nc1ccccc1Br. The lowest BCUT2D eigenvalue weighted by molar-refractivity contribution is 0.270. The molecule has 11 heavy (non-hydrogen) atoms. The van der Waals surface area contributed by atoms with Crippen molar-refractivity contribution in [2.24, 2.45) is 0 Å². The minimum Gasteiger partial charge on any atom is -0.315 e. The summed E-state index contributed by atoms with van der Waals surface area (Å²) in [6, 6.07) is 7.40. The standard InChI is InChI=1S/C7H5Br2NO/c8-5-3-1-2-4-6(5)10-7(9)11/h1-4H,(H,10,11). The van der Waals surface area contributed by atoms with Gasteiger partial charge >= 0.3 is 0 Å². The van der Waals surface area contributed by atoms with Gasteiger partial charge in [0.1, 0.15) is 0 Å². The minimum atomic E-state index is -0.246. The van der Waals surface area contributed by atoms with Crippen LogP contribution in [0.25, 0.3) is 0 Å². The number of anilines is 1. The number of amides is 1. The largest absolute Gasteiger partial charge is 0.315 e. The van der Waals surface area contributed by atoms with Gasteiger partial charge in [-0.3, -0.25) is 4.79 Å². The molecule has 0 spiro atoms. The van der Waals surface area contributed by atoms with E-state index in [0.29, 0.717) is 0 Å². The summed E-state index contributed by atoms with van der Waals surface area (Å²) in [5, 5.41) is 2.60. The molecule has 0 saturated carbocycles. The maximum absolute atomic E-state index is 10.6. The summed E-state index contributed by atoms with van der Waals surface area (Å²) in [4.78, 5) is 10.3. The first-order valence-electron chi connectivity index (χ1n) is 2.91. The molecule has 0 aliphatic heterocycles. The van der Waals surface area contributed by atoms with Gasteiger partial charge in [-0.05, 0) is 28.1 Å². The van der Waals surface area contributed by atoms with E-state index in [1.54, 1.807) is 0 Å². The Morgan fingerprint density at radius 3 is 2.55 bits per heavy atom. The first-order valence-corrected chi connectivity index (χ1v) is 4.50. The maximum Gasteiger partial charge on any atom is 0.291 e. The van der Waals surface area contributed by atoms with E-state index in [1.165, 1.54) is 0 Å². The van der Waals surface area contributed by atoms with Gasteiger partial charge in [0.25, 0.3) is 4.82 Å². The Balaban J connectivity index is 2.86. The van der Waals surface area contributed by atoms with Gasteiger partial charge in [0, 0.05) is 20.4 Å². The first-order chi connectivity index (χ1) is 5.20. The van der Waals surface area contributed by atoms with Gasteiger partial charge in [-0.1, -0.05) is 12.1 Å². The monoisotopic (exact) mass is 277 g/mol. The lowest BCUT2D eigenvalue weighted by Crippen LogP contribution is -2.00. The first kappa shape index (κ1) is 8.74. The van der Waals surface area contributed by atoms with Crippen LogP contribution >= 0.6 is 31.9 Å². The van der Waals surface area contributed by atoms with Crippen LogP contribution in [0.4, 0.5) is 10.5 Å². The van der Waals surface area contributed by atoms with Crippen LogP contribution in [0.15, 0.2) is 28.7 Å². The Hall–Kier alpha value is -0.350. The van der Waals surface area contributed by atoms with E-state index >= 15 is 0 Å². The molecule has 58 valence electrons. The Morgan fingerprint density at radius 2 is 2.00 bits per heavy atom. The van der Waals surface area contributed by atoms with Crippen LogP contribution < -0.4 is 5.32 Å². The van der Waals surface area contributed by atoms with Gasteiger partial charge in [0.2, 0.25) is 0 Å². The molecule has 0 atom stereocenters. The molecule has 4 heteroatoms. The second kappa shape index (κ2) is 3.88. The summed E-state index contributed by atoms with van der Waals surface area (Å²) in [6.45, 7) is 0. The smallest absolute Gasteiger partial charge is 0.291 e. The van der Waals surface area contributed by atoms with E-state index in [-0.39, 0.29) is 4.82 Å². The van der Waals surface area contributed by atoms with E-state index in [0.717, 1.165) is 10.2 Å². The number of para-hydroxylation sites is 1. The Labute approximate surface area is 81.2 Å². The van der Waals surface area contributed by atoms with Crippen molar-refractivity contribution < 1.29 is 4.79 Å². The van der Waals surface area contributed by atoms with Crippen LogP contribution in [0.1, 0.15) is 0 Å². The summed E-state index contributed by atoms with van der Waals surface area (Å²) in [5.74, 6) is 0. The van der Waals surface area contributed by atoms with E-state index in [2.05, 4.69) is 37.2 Å². The van der Waals surface area contributed by atoms with Gasteiger partial charge in [-0.15, -0.1) is 0 Å². The van der Waals surface area contributed by atoms with Crippen molar-refractivity contribution in [3.05, 3.63) is 28.7 Å². The second-order valence-electron chi connectivity index (χ2n) is 1.88. The third-order valence-corrected chi connectivity index (χ3v) is 2.00. The molecule has 0 unspecified atom stereocenters. The van der Waals surface area contributed by atoms with Crippen molar-refractivity contribution in [3.8, 4) is 0 Å². The van der Waals surface area contributed by atoms with E-state index in [1.807, 2.05) is 24.3 Å². The molecule has 0 aliphatic rings. The minimum absolute atomic E-state index is 0.246. The highest BCUT2D eigenvalue weighted by Gasteiger charge is 1.99. The number of rotatable bonds is 1. The molecule has 0 aliphatic carbocycles. The zero-order valence-corrected chi connectivity index (χ0v) is 8.65. The molecule has 2 nitrogen and oxygen atoms in total. The van der Waals surface area contributed by atoms with Gasteiger partial charge in [-0.25, -0.2) is 0 Å². The fraction of sp³-hybridized carbons (Fsp3) is 0. The molecule has 0 aromatic heterocycles. The zero-order valence-electron chi connectivity index (χ0n) is 5.47. The highest BCUT2D eigenvalue weighted by Crippen LogP contribution is 2.21. The van der Waals surface area contributed by atoms with Crippen LogP contribution in [-0.2, 0) is 0 Å². The van der Waals surface area contributed by atoms with Crippen LogP contribution in [-0.4, -0.2) is 4.82 Å². The van der Waals surface area contributed by atoms with Crippen molar-refractivity contribution in [1.82, 2.24) is 0 Å². The summed E-state index contributed by atoms with van der Waals surface area (Å²) < 4.78 is 0.868. The molecule has 1 rings (SSSR count). The predicted molar refractivity (Wildman–Crippen MR) is 52.1 cm³/mol. The third-order valence-electron chi connectivity index (χ3n) is 1.11. The quantitative estimate of drug-likeness (QED) is 0.619. The van der Waals surface area contributed by atoms with Crippen LogP contribution in [0.2, 0.25) is 0 Å². The summed E-state index contributed by atoms with van der Waals surface area (Å²) >= 11 is 6.06. The van der Waals surface area contributed by atoms with Crippen LogP contribution in [0.3, 0.4) is 0 Å². The van der Waals surface area contributed by atoms with E-state index in [4.69, 9.17) is 0 Å². The Kier molecular flexibility index (Phi) is 3.08. The molecular formula is C7H5Br2NO. The Bertz CT molecular complexity index is 275. The van der Waals surface area contributed by atoms with Crippen molar-refractivity contribution >= 4 is 42.4 Å². The van der Waals surface area contributed by atoms with E-state index in [9.17, 15) is 4.79 Å².